The van der Waals surface area contributed by atoms with Gasteiger partial charge in [-0.15, -0.1) is 0 Å². The summed E-state index contributed by atoms with van der Waals surface area (Å²) in [5.41, 5.74) is -1.09. The molecule has 1 aliphatic carbocycles. The highest BCUT2D eigenvalue weighted by molar-refractivity contribution is 5.31. The normalized spacial score (nSPS) is 27.8. The second-order valence-corrected chi connectivity index (χ2v) is 6.17. The van der Waals surface area contributed by atoms with Crippen molar-refractivity contribution in [3.63, 3.8) is 0 Å². The number of hydrogen-bond acceptors (Lipinski definition) is 1. The summed E-state index contributed by atoms with van der Waals surface area (Å²) in [6.07, 6.45) is 2.52. The van der Waals surface area contributed by atoms with E-state index in [1.807, 2.05) is 0 Å². The summed E-state index contributed by atoms with van der Waals surface area (Å²) < 4.78 is 28.1. The van der Waals surface area contributed by atoms with Crippen LogP contribution in [0.4, 0.5) is 8.78 Å². The highest BCUT2D eigenvalue weighted by Crippen LogP contribution is 2.43. The van der Waals surface area contributed by atoms with Crippen LogP contribution in [0.15, 0.2) is 12.1 Å². The first-order valence-corrected chi connectivity index (χ1v) is 7.02. The number of benzene rings is 1. The van der Waals surface area contributed by atoms with E-state index in [2.05, 4.69) is 13.8 Å². The third-order valence-corrected chi connectivity index (χ3v) is 4.55. The van der Waals surface area contributed by atoms with Gasteiger partial charge in [0.05, 0.1) is 11.2 Å². The Bertz CT molecular complexity index is 460. The van der Waals surface area contributed by atoms with Gasteiger partial charge in [0.1, 0.15) is 11.6 Å². The molecule has 0 bridgehead atoms. The lowest BCUT2D eigenvalue weighted by atomic mass is 9.71. The molecule has 1 aliphatic rings. The topological polar surface area (TPSA) is 20.2 Å². The molecule has 1 aromatic carbocycles. The van der Waals surface area contributed by atoms with Crippen LogP contribution in [0.1, 0.15) is 50.7 Å². The Morgan fingerprint density at radius 2 is 1.79 bits per heavy atom. The average Bonchev–Trinajstić information content (AvgIpc) is 2.34. The molecule has 0 unspecified atom stereocenters. The van der Waals surface area contributed by atoms with Crippen molar-refractivity contribution in [3.05, 3.63) is 34.9 Å². The molecule has 0 aromatic heterocycles. The first kappa shape index (κ1) is 14.4. The number of hydrogen-bond donors (Lipinski definition) is 1. The molecule has 0 atom stereocenters. The first-order chi connectivity index (χ1) is 8.85. The van der Waals surface area contributed by atoms with Gasteiger partial charge < -0.3 is 5.11 Å². The van der Waals surface area contributed by atoms with Crippen molar-refractivity contribution in [2.45, 2.75) is 52.1 Å². The molecule has 0 amide bonds. The van der Waals surface area contributed by atoms with E-state index in [0.29, 0.717) is 30.2 Å². The van der Waals surface area contributed by atoms with E-state index in [9.17, 15) is 13.9 Å². The summed E-state index contributed by atoms with van der Waals surface area (Å²) in [6.45, 7) is 5.91. The molecule has 1 N–H and O–H groups in total. The minimum absolute atomic E-state index is 0.130. The zero-order valence-corrected chi connectivity index (χ0v) is 11.8. The Morgan fingerprint density at radius 1 is 1.21 bits per heavy atom. The molecule has 1 saturated carbocycles. The van der Waals surface area contributed by atoms with Crippen LogP contribution >= 0.6 is 0 Å². The van der Waals surface area contributed by atoms with Gasteiger partial charge in [0.15, 0.2) is 0 Å². The summed E-state index contributed by atoms with van der Waals surface area (Å²) in [7, 11) is 0. The van der Waals surface area contributed by atoms with Crippen LogP contribution < -0.4 is 0 Å². The van der Waals surface area contributed by atoms with Crippen LogP contribution in [-0.4, -0.2) is 5.11 Å². The summed E-state index contributed by atoms with van der Waals surface area (Å²) in [4.78, 5) is 0. The molecule has 0 radical (unpaired) electrons. The molecule has 0 heterocycles. The fourth-order valence-electron chi connectivity index (χ4n) is 3.12. The molecule has 0 spiro atoms. The minimum Gasteiger partial charge on any atom is -0.385 e. The van der Waals surface area contributed by atoms with Crippen molar-refractivity contribution >= 4 is 0 Å². The zero-order chi connectivity index (χ0) is 14.2. The molecule has 0 saturated heterocycles. The second kappa shape index (κ2) is 5.20. The standard InChI is InChI=1S/C16H22F2O/c1-10(2)12-6-8-16(19,9-7-12)14-13(17)5-4-11(3)15(14)18/h4-5,10,12,19H,6-9H2,1-3H3. The van der Waals surface area contributed by atoms with Crippen molar-refractivity contribution in [1.82, 2.24) is 0 Å². The fraction of sp³-hybridized carbons (Fsp3) is 0.625. The lowest BCUT2D eigenvalue weighted by Gasteiger charge is -2.38. The van der Waals surface area contributed by atoms with Crippen LogP contribution in [0.2, 0.25) is 0 Å². The monoisotopic (exact) mass is 268 g/mol. The number of rotatable bonds is 2. The van der Waals surface area contributed by atoms with Gasteiger partial charge >= 0.3 is 0 Å². The van der Waals surface area contributed by atoms with Gasteiger partial charge in [0.2, 0.25) is 0 Å². The van der Waals surface area contributed by atoms with Crippen molar-refractivity contribution in [2.24, 2.45) is 11.8 Å². The Balaban J connectivity index is 2.30. The Kier molecular flexibility index (Phi) is 3.95. The molecule has 1 fully saturated rings. The zero-order valence-electron chi connectivity index (χ0n) is 11.8. The highest BCUT2D eigenvalue weighted by atomic mass is 19.1. The molecule has 3 heteroatoms. The van der Waals surface area contributed by atoms with Crippen molar-refractivity contribution in [2.75, 3.05) is 0 Å². The summed E-state index contributed by atoms with van der Waals surface area (Å²) in [5.74, 6) is -0.132. The van der Waals surface area contributed by atoms with E-state index in [0.717, 1.165) is 12.8 Å². The van der Waals surface area contributed by atoms with Gasteiger partial charge in [-0.3, -0.25) is 0 Å². The lowest BCUT2D eigenvalue weighted by Crippen LogP contribution is -2.34. The average molecular weight is 268 g/mol. The predicted octanol–water partition coefficient (Wildman–Crippen LogP) is 4.31. The van der Waals surface area contributed by atoms with Crippen molar-refractivity contribution < 1.29 is 13.9 Å². The van der Waals surface area contributed by atoms with E-state index in [4.69, 9.17) is 0 Å². The molecule has 106 valence electrons. The third kappa shape index (κ3) is 2.66. The fourth-order valence-corrected chi connectivity index (χ4v) is 3.12. The highest BCUT2D eigenvalue weighted by Gasteiger charge is 2.39. The van der Waals surface area contributed by atoms with Gasteiger partial charge in [-0.05, 0) is 56.1 Å². The van der Waals surface area contributed by atoms with Crippen LogP contribution in [0.5, 0.6) is 0 Å². The van der Waals surface area contributed by atoms with E-state index in [-0.39, 0.29) is 5.56 Å². The van der Waals surface area contributed by atoms with Crippen molar-refractivity contribution in [3.8, 4) is 0 Å². The summed E-state index contributed by atoms with van der Waals surface area (Å²) >= 11 is 0. The Morgan fingerprint density at radius 3 is 2.32 bits per heavy atom. The summed E-state index contributed by atoms with van der Waals surface area (Å²) in [6, 6.07) is 2.66. The molecular formula is C16H22F2O. The largest absolute Gasteiger partial charge is 0.385 e. The third-order valence-electron chi connectivity index (χ3n) is 4.55. The quantitative estimate of drug-likeness (QED) is 0.847. The van der Waals surface area contributed by atoms with Gasteiger partial charge in [-0.25, -0.2) is 8.78 Å². The van der Waals surface area contributed by atoms with E-state index in [1.165, 1.54) is 12.1 Å². The molecule has 1 aromatic rings. The SMILES string of the molecule is Cc1ccc(F)c(C2(O)CCC(C(C)C)CC2)c1F. The Hall–Kier alpha value is -0.960. The van der Waals surface area contributed by atoms with Gasteiger partial charge in [-0.2, -0.15) is 0 Å². The number of aryl methyl sites for hydroxylation is 1. The smallest absolute Gasteiger partial charge is 0.135 e. The molecule has 0 aliphatic heterocycles. The lowest BCUT2D eigenvalue weighted by molar-refractivity contribution is -0.0256. The predicted molar refractivity (Wildman–Crippen MR) is 71.8 cm³/mol. The maximum atomic E-state index is 14.1. The van der Waals surface area contributed by atoms with Crippen molar-refractivity contribution in [1.29, 1.82) is 0 Å². The van der Waals surface area contributed by atoms with Crippen LogP contribution in [0.3, 0.4) is 0 Å². The first-order valence-electron chi connectivity index (χ1n) is 7.02. The van der Waals surface area contributed by atoms with Crippen LogP contribution in [0, 0.1) is 30.4 Å². The van der Waals surface area contributed by atoms with E-state index < -0.39 is 17.2 Å². The van der Waals surface area contributed by atoms with Gasteiger partial charge in [0.25, 0.3) is 0 Å². The van der Waals surface area contributed by atoms with Crippen LogP contribution in [-0.2, 0) is 5.60 Å². The van der Waals surface area contributed by atoms with Gasteiger partial charge in [-0.1, -0.05) is 19.9 Å². The number of halogens is 2. The van der Waals surface area contributed by atoms with E-state index >= 15 is 0 Å². The maximum absolute atomic E-state index is 14.1. The molecule has 2 rings (SSSR count). The second-order valence-electron chi connectivity index (χ2n) is 6.17. The summed E-state index contributed by atoms with van der Waals surface area (Å²) in [5, 5.41) is 10.6. The molecule has 19 heavy (non-hydrogen) atoms. The van der Waals surface area contributed by atoms with Gasteiger partial charge in [0, 0.05) is 0 Å². The van der Waals surface area contributed by atoms with E-state index in [1.54, 1.807) is 6.92 Å². The minimum atomic E-state index is -1.34. The number of aliphatic hydroxyl groups is 1. The molecule has 1 nitrogen and oxygen atoms in total. The maximum Gasteiger partial charge on any atom is 0.135 e. The molecular weight excluding hydrogens is 246 g/mol. The Labute approximate surface area is 113 Å². The van der Waals surface area contributed by atoms with Crippen LogP contribution in [0.25, 0.3) is 0 Å².